The minimum absolute atomic E-state index is 0.113. The molecule has 3 nitrogen and oxygen atoms in total. The second-order valence-electron chi connectivity index (χ2n) is 5.07. The molecule has 0 aliphatic rings. The molecule has 0 heterocycles. The molecule has 0 bridgehead atoms. The molecule has 0 amide bonds. The van der Waals surface area contributed by atoms with Crippen LogP contribution in [0.15, 0.2) is 0 Å². The number of rotatable bonds is 5. The van der Waals surface area contributed by atoms with Crippen LogP contribution in [0.25, 0.3) is 0 Å². The van der Waals surface area contributed by atoms with Gasteiger partial charge in [0.1, 0.15) is 5.60 Å². The van der Waals surface area contributed by atoms with E-state index in [1.54, 1.807) is 0 Å². The minimum Gasteiger partial charge on any atom is -0.460 e. The molecular weight excluding hydrogens is 190 g/mol. The van der Waals surface area contributed by atoms with Crippen LogP contribution in [0.5, 0.6) is 0 Å². The van der Waals surface area contributed by atoms with Gasteiger partial charge in [0, 0.05) is 12.6 Å². The molecule has 1 atom stereocenters. The van der Waals surface area contributed by atoms with Crippen LogP contribution in [0.2, 0.25) is 0 Å². The second kappa shape index (κ2) is 6.11. The topological polar surface area (TPSA) is 29.5 Å². The first kappa shape index (κ1) is 14.4. The van der Waals surface area contributed by atoms with Gasteiger partial charge in [0.05, 0.1) is 6.42 Å². The molecule has 0 aromatic heterocycles. The fourth-order valence-corrected chi connectivity index (χ4v) is 1.19. The molecule has 0 spiro atoms. The Morgan fingerprint density at radius 3 is 2.33 bits per heavy atom. The minimum atomic E-state index is -0.369. The Hall–Kier alpha value is -0.570. The Morgan fingerprint density at radius 2 is 1.93 bits per heavy atom. The van der Waals surface area contributed by atoms with Gasteiger partial charge in [0.15, 0.2) is 0 Å². The van der Waals surface area contributed by atoms with Crippen LogP contribution in [-0.4, -0.2) is 36.1 Å². The fourth-order valence-electron chi connectivity index (χ4n) is 1.19. The maximum Gasteiger partial charge on any atom is 0.307 e. The average Bonchev–Trinajstić information content (AvgIpc) is 2.10. The third-order valence-corrected chi connectivity index (χ3v) is 2.43. The van der Waals surface area contributed by atoms with E-state index in [1.165, 1.54) is 0 Å². The molecule has 0 aromatic rings. The summed E-state index contributed by atoms with van der Waals surface area (Å²) in [6.45, 7) is 10.8. The lowest BCUT2D eigenvalue weighted by atomic mass is 10.2. The van der Waals surface area contributed by atoms with Crippen molar-refractivity contribution in [2.45, 2.75) is 59.1 Å². The predicted octanol–water partition coefficient (Wildman–Crippen LogP) is 2.45. The van der Waals surface area contributed by atoms with Crippen molar-refractivity contribution in [2.75, 3.05) is 13.6 Å². The first-order valence-electron chi connectivity index (χ1n) is 5.68. The third-order valence-electron chi connectivity index (χ3n) is 2.43. The number of hydrogen-bond acceptors (Lipinski definition) is 3. The van der Waals surface area contributed by atoms with Crippen LogP contribution >= 0.6 is 0 Å². The zero-order valence-electron chi connectivity index (χ0n) is 11.0. The van der Waals surface area contributed by atoms with Gasteiger partial charge in [-0.15, -0.1) is 0 Å². The van der Waals surface area contributed by atoms with E-state index in [1.807, 2.05) is 27.8 Å². The zero-order chi connectivity index (χ0) is 12.1. The highest BCUT2D eigenvalue weighted by atomic mass is 16.6. The lowest BCUT2D eigenvalue weighted by molar-refractivity contribution is -0.155. The molecule has 0 radical (unpaired) electrons. The van der Waals surface area contributed by atoms with Gasteiger partial charge in [-0.25, -0.2) is 0 Å². The smallest absolute Gasteiger partial charge is 0.307 e. The summed E-state index contributed by atoms with van der Waals surface area (Å²) >= 11 is 0. The van der Waals surface area contributed by atoms with Gasteiger partial charge >= 0.3 is 5.97 Å². The number of esters is 1. The van der Waals surface area contributed by atoms with E-state index in [0.717, 1.165) is 13.0 Å². The van der Waals surface area contributed by atoms with Crippen molar-refractivity contribution < 1.29 is 9.53 Å². The van der Waals surface area contributed by atoms with E-state index in [4.69, 9.17) is 4.74 Å². The molecule has 0 rings (SSSR count). The second-order valence-corrected chi connectivity index (χ2v) is 5.07. The fraction of sp³-hybridized carbons (Fsp3) is 0.917. The SMILES string of the molecule is CCC(C)N(C)CCC(=O)OC(C)(C)C. The van der Waals surface area contributed by atoms with Crippen LogP contribution in [0, 0.1) is 0 Å². The number of carbonyl (C=O) groups is 1. The maximum absolute atomic E-state index is 11.4. The molecule has 0 saturated carbocycles. The molecule has 3 heteroatoms. The van der Waals surface area contributed by atoms with E-state index in [0.29, 0.717) is 12.5 Å². The Balaban J connectivity index is 3.81. The molecule has 0 aliphatic heterocycles. The van der Waals surface area contributed by atoms with Gasteiger partial charge in [-0.05, 0) is 41.2 Å². The molecule has 1 unspecified atom stereocenters. The van der Waals surface area contributed by atoms with Crippen molar-refractivity contribution in [3.8, 4) is 0 Å². The maximum atomic E-state index is 11.4. The molecule has 0 aliphatic carbocycles. The van der Waals surface area contributed by atoms with Crippen LogP contribution in [-0.2, 0) is 9.53 Å². The monoisotopic (exact) mass is 215 g/mol. The Kier molecular flexibility index (Phi) is 5.88. The lowest BCUT2D eigenvalue weighted by Gasteiger charge is -2.24. The first-order valence-corrected chi connectivity index (χ1v) is 5.68. The quantitative estimate of drug-likeness (QED) is 0.660. The summed E-state index contributed by atoms with van der Waals surface area (Å²) in [5, 5.41) is 0. The van der Waals surface area contributed by atoms with Gasteiger partial charge in [-0.1, -0.05) is 6.92 Å². The lowest BCUT2D eigenvalue weighted by Crippen LogP contribution is -2.32. The summed E-state index contributed by atoms with van der Waals surface area (Å²) in [4.78, 5) is 13.6. The highest BCUT2D eigenvalue weighted by Gasteiger charge is 2.17. The molecule has 0 fully saturated rings. The van der Waals surface area contributed by atoms with Gasteiger partial charge < -0.3 is 9.64 Å². The zero-order valence-corrected chi connectivity index (χ0v) is 11.0. The van der Waals surface area contributed by atoms with E-state index >= 15 is 0 Å². The van der Waals surface area contributed by atoms with Crippen molar-refractivity contribution in [1.29, 1.82) is 0 Å². The van der Waals surface area contributed by atoms with Crippen LogP contribution in [0.1, 0.15) is 47.5 Å². The van der Waals surface area contributed by atoms with E-state index in [2.05, 4.69) is 18.7 Å². The first-order chi connectivity index (χ1) is 6.76. The number of ether oxygens (including phenoxy) is 1. The molecular formula is C12H25NO2. The van der Waals surface area contributed by atoms with Gasteiger partial charge in [-0.3, -0.25) is 4.79 Å². The van der Waals surface area contributed by atoms with Crippen molar-refractivity contribution >= 4 is 5.97 Å². The summed E-state index contributed by atoms with van der Waals surface area (Å²) in [5.41, 5.74) is -0.369. The largest absolute Gasteiger partial charge is 0.460 e. The van der Waals surface area contributed by atoms with E-state index in [9.17, 15) is 4.79 Å². The summed E-state index contributed by atoms with van der Waals surface area (Å²) in [7, 11) is 2.04. The van der Waals surface area contributed by atoms with Gasteiger partial charge in [-0.2, -0.15) is 0 Å². The molecule has 0 aromatic carbocycles. The van der Waals surface area contributed by atoms with Crippen molar-refractivity contribution in [3.63, 3.8) is 0 Å². The molecule has 0 N–H and O–H groups in total. The number of hydrogen-bond donors (Lipinski definition) is 0. The van der Waals surface area contributed by atoms with E-state index < -0.39 is 0 Å². The third kappa shape index (κ3) is 7.37. The molecule has 15 heavy (non-hydrogen) atoms. The van der Waals surface area contributed by atoms with Crippen molar-refractivity contribution in [3.05, 3.63) is 0 Å². The Bertz CT molecular complexity index is 196. The van der Waals surface area contributed by atoms with Crippen molar-refractivity contribution in [2.24, 2.45) is 0 Å². The highest BCUT2D eigenvalue weighted by Crippen LogP contribution is 2.09. The normalized spacial score (nSPS) is 14.1. The predicted molar refractivity (Wildman–Crippen MR) is 62.8 cm³/mol. The van der Waals surface area contributed by atoms with Gasteiger partial charge in [0.2, 0.25) is 0 Å². The molecule has 90 valence electrons. The number of carbonyl (C=O) groups excluding carboxylic acids is 1. The van der Waals surface area contributed by atoms with Crippen LogP contribution in [0.3, 0.4) is 0 Å². The average molecular weight is 215 g/mol. The molecule has 0 saturated heterocycles. The standard InChI is InChI=1S/C12H25NO2/c1-7-10(2)13(6)9-8-11(14)15-12(3,4)5/h10H,7-9H2,1-6H3. The van der Waals surface area contributed by atoms with Crippen molar-refractivity contribution in [1.82, 2.24) is 4.90 Å². The van der Waals surface area contributed by atoms with Crippen LogP contribution < -0.4 is 0 Å². The Labute approximate surface area is 93.8 Å². The van der Waals surface area contributed by atoms with Crippen LogP contribution in [0.4, 0.5) is 0 Å². The number of nitrogens with zero attached hydrogens (tertiary/aromatic N) is 1. The van der Waals surface area contributed by atoms with E-state index in [-0.39, 0.29) is 11.6 Å². The summed E-state index contributed by atoms with van der Waals surface area (Å²) in [5.74, 6) is -0.113. The summed E-state index contributed by atoms with van der Waals surface area (Å²) < 4.78 is 5.24. The Morgan fingerprint density at radius 1 is 1.40 bits per heavy atom. The van der Waals surface area contributed by atoms with Gasteiger partial charge in [0.25, 0.3) is 0 Å². The summed E-state index contributed by atoms with van der Waals surface area (Å²) in [6, 6.07) is 0.521. The highest BCUT2D eigenvalue weighted by molar-refractivity contribution is 5.70. The summed E-state index contributed by atoms with van der Waals surface area (Å²) in [6.07, 6.45) is 1.57.